The Morgan fingerprint density at radius 1 is 1.31 bits per heavy atom. The van der Waals surface area contributed by atoms with Gasteiger partial charge in [-0.05, 0) is 31.5 Å². The zero-order valence-electron chi connectivity index (χ0n) is 10.4. The molecule has 0 radical (unpaired) electrons. The van der Waals surface area contributed by atoms with Crippen molar-refractivity contribution in [3.8, 4) is 0 Å². The fraction of sp³-hybridized carbons (Fsp3) is 0.538. The Morgan fingerprint density at radius 2 is 1.94 bits per heavy atom. The summed E-state index contributed by atoms with van der Waals surface area (Å²) in [5.74, 6) is 0. The summed E-state index contributed by atoms with van der Waals surface area (Å²) in [6, 6.07) is 8.40. The summed E-state index contributed by atoms with van der Waals surface area (Å²) in [6.45, 7) is 6.72. The van der Waals surface area contributed by atoms with Crippen LogP contribution in [0.1, 0.15) is 19.4 Å². The fourth-order valence-corrected chi connectivity index (χ4v) is 1.64. The standard InChI is InChI=1S/C13H22N2O/c1-4-15(10-11(2)16-3)13-7-5-12(9-14)6-8-13/h5-8,11H,4,9-10,14H2,1-3H3. The predicted molar refractivity (Wildman–Crippen MR) is 68.7 cm³/mol. The summed E-state index contributed by atoms with van der Waals surface area (Å²) in [7, 11) is 1.75. The van der Waals surface area contributed by atoms with E-state index in [9.17, 15) is 0 Å². The van der Waals surface area contributed by atoms with Crippen molar-refractivity contribution in [3.63, 3.8) is 0 Å². The van der Waals surface area contributed by atoms with E-state index in [0.29, 0.717) is 6.54 Å². The number of nitrogens with zero attached hydrogens (tertiary/aromatic N) is 1. The molecule has 0 amide bonds. The molecule has 1 unspecified atom stereocenters. The summed E-state index contributed by atoms with van der Waals surface area (Å²) in [4.78, 5) is 2.30. The Balaban J connectivity index is 2.70. The summed E-state index contributed by atoms with van der Waals surface area (Å²) in [5.41, 5.74) is 7.97. The van der Waals surface area contributed by atoms with Gasteiger partial charge < -0.3 is 15.4 Å². The van der Waals surface area contributed by atoms with Crippen LogP contribution in [0.3, 0.4) is 0 Å². The van der Waals surface area contributed by atoms with Crippen LogP contribution < -0.4 is 10.6 Å². The zero-order valence-corrected chi connectivity index (χ0v) is 10.4. The van der Waals surface area contributed by atoms with Gasteiger partial charge in [0.05, 0.1) is 6.10 Å². The number of ether oxygens (including phenoxy) is 1. The minimum absolute atomic E-state index is 0.245. The molecule has 3 nitrogen and oxygen atoms in total. The molecule has 16 heavy (non-hydrogen) atoms. The Bertz CT molecular complexity index is 297. The highest BCUT2D eigenvalue weighted by molar-refractivity contribution is 5.47. The predicted octanol–water partition coefficient (Wildman–Crippen LogP) is 2.01. The molecule has 0 heterocycles. The van der Waals surface area contributed by atoms with E-state index in [0.717, 1.165) is 13.1 Å². The molecule has 1 rings (SSSR count). The van der Waals surface area contributed by atoms with Crippen molar-refractivity contribution < 1.29 is 4.74 Å². The van der Waals surface area contributed by atoms with Crippen LogP contribution >= 0.6 is 0 Å². The van der Waals surface area contributed by atoms with Gasteiger partial charge in [0.15, 0.2) is 0 Å². The first-order valence-corrected chi connectivity index (χ1v) is 5.78. The van der Waals surface area contributed by atoms with Crippen LogP contribution in [-0.4, -0.2) is 26.3 Å². The smallest absolute Gasteiger partial charge is 0.0718 e. The molecule has 0 aliphatic heterocycles. The molecule has 1 atom stereocenters. The summed E-state index contributed by atoms with van der Waals surface area (Å²) < 4.78 is 5.29. The lowest BCUT2D eigenvalue weighted by atomic mass is 10.2. The van der Waals surface area contributed by atoms with Crippen LogP contribution in [0, 0.1) is 0 Å². The molecule has 3 heteroatoms. The van der Waals surface area contributed by atoms with E-state index >= 15 is 0 Å². The molecule has 2 N–H and O–H groups in total. The summed E-state index contributed by atoms with van der Waals surface area (Å²) in [6.07, 6.45) is 0.245. The van der Waals surface area contributed by atoms with Crippen LogP contribution in [-0.2, 0) is 11.3 Å². The minimum atomic E-state index is 0.245. The van der Waals surface area contributed by atoms with Gasteiger partial charge in [0, 0.05) is 32.4 Å². The Kier molecular flexibility index (Phi) is 5.29. The highest BCUT2D eigenvalue weighted by atomic mass is 16.5. The quantitative estimate of drug-likeness (QED) is 0.800. The van der Waals surface area contributed by atoms with Crippen molar-refractivity contribution in [1.82, 2.24) is 0 Å². The number of hydrogen-bond donors (Lipinski definition) is 1. The van der Waals surface area contributed by atoms with Crippen LogP contribution in [0.2, 0.25) is 0 Å². The SMILES string of the molecule is CCN(CC(C)OC)c1ccc(CN)cc1. The Labute approximate surface area is 98.2 Å². The molecule has 0 saturated carbocycles. The number of anilines is 1. The number of rotatable bonds is 6. The maximum Gasteiger partial charge on any atom is 0.0718 e. The fourth-order valence-electron chi connectivity index (χ4n) is 1.64. The molecule has 0 spiro atoms. The lowest BCUT2D eigenvalue weighted by Gasteiger charge is -2.26. The Hall–Kier alpha value is -1.06. The second kappa shape index (κ2) is 6.51. The molecular formula is C13H22N2O. The highest BCUT2D eigenvalue weighted by Gasteiger charge is 2.08. The minimum Gasteiger partial charge on any atom is -0.380 e. The third kappa shape index (κ3) is 3.51. The molecular weight excluding hydrogens is 200 g/mol. The van der Waals surface area contributed by atoms with E-state index in [4.69, 9.17) is 10.5 Å². The van der Waals surface area contributed by atoms with Gasteiger partial charge in [-0.1, -0.05) is 12.1 Å². The van der Waals surface area contributed by atoms with Gasteiger partial charge in [0.2, 0.25) is 0 Å². The molecule has 0 saturated heterocycles. The van der Waals surface area contributed by atoms with E-state index in [2.05, 4.69) is 43.0 Å². The first-order valence-electron chi connectivity index (χ1n) is 5.78. The molecule has 1 aromatic carbocycles. The number of benzene rings is 1. The van der Waals surface area contributed by atoms with Gasteiger partial charge in [0.25, 0.3) is 0 Å². The number of nitrogens with two attached hydrogens (primary N) is 1. The molecule has 0 aromatic heterocycles. The third-order valence-corrected chi connectivity index (χ3v) is 2.80. The van der Waals surface area contributed by atoms with Gasteiger partial charge >= 0.3 is 0 Å². The van der Waals surface area contributed by atoms with Gasteiger partial charge in [-0.3, -0.25) is 0 Å². The number of hydrogen-bond acceptors (Lipinski definition) is 3. The van der Waals surface area contributed by atoms with E-state index in [1.165, 1.54) is 11.3 Å². The average Bonchev–Trinajstić information content (AvgIpc) is 2.35. The van der Waals surface area contributed by atoms with Crippen LogP contribution in [0.5, 0.6) is 0 Å². The molecule has 0 bridgehead atoms. The monoisotopic (exact) mass is 222 g/mol. The molecule has 1 aromatic rings. The topological polar surface area (TPSA) is 38.5 Å². The summed E-state index contributed by atoms with van der Waals surface area (Å²) >= 11 is 0. The van der Waals surface area contributed by atoms with Crippen LogP contribution in [0.25, 0.3) is 0 Å². The maximum absolute atomic E-state index is 5.58. The number of methoxy groups -OCH3 is 1. The van der Waals surface area contributed by atoms with E-state index < -0.39 is 0 Å². The molecule has 0 aliphatic carbocycles. The van der Waals surface area contributed by atoms with E-state index in [-0.39, 0.29) is 6.10 Å². The van der Waals surface area contributed by atoms with Gasteiger partial charge in [-0.25, -0.2) is 0 Å². The summed E-state index contributed by atoms with van der Waals surface area (Å²) in [5, 5.41) is 0. The third-order valence-electron chi connectivity index (χ3n) is 2.80. The second-order valence-electron chi connectivity index (χ2n) is 3.96. The first-order chi connectivity index (χ1) is 7.71. The van der Waals surface area contributed by atoms with Crippen molar-refractivity contribution in [2.24, 2.45) is 5.73 Å². The van der Waals surface area contributed by atoms with Gasteiger partial charge in [-0.2, -0.15) is 0 Å². The largest absolute Gasteiger partial charge is 0.380 e. The van der Waals surface area contributed by atoms with Crippen molar-refractivity contribution in [2.75, 3.05) is 25.1 Å². The van der Waals surface area contributed by atoms with Crippen LogP contribution in [0.15, 0.2) is 24.3 Å². The lowest BCUT2D eigenvalue weighted by molar-refractivity contribution is 0.123. The van der Waals surface area contributed by atoms with Gasteiger partial charge in [0.1, 0.15) is 0 Å². The number of likely N-dealkylation sites (N-methyl/N-ethyl adjacent to an activating group) is 1. The van der Waals surface area contributed by atoms with Crippen LogP contribution in [0.4, 0.5) is 5.69 Å². The van der Waals surface area contributed by atoms with Crippen molar-refractivity contribution >= 4 is 5.69 Å². The van der Waals surface area contributed by atoms with Crippen molar-refractivity contribution in [1.29, 1.82) is 0 Å². The van der Waals surface area contributed by atoms with Gasteiger partial charge in [-0.15, -0.1) is 0 Å². The Morgan fingerprint density at radius 3 is 2.38 bits per heavy atom. The van der Waals surface area contributed by atoms with Crippen molar-refractivity contribution in [2.45, 2.75) is 26.5 Å². The normalized spacial score (nSPS) is 12.5. The van der Waals surface area contributed by atoms with E-state index in [1.807, 2.05) is 0 Å². The molecule has 0 fully saturated rings. The average molecular weight is 222 g/mol. The lowest BCUT2D eigenvalue weighted by Crippen LogP contribution is -2.31. The van der Waals surface area contributed by atoms with E-state index in [1.54, 1.807) is 7.11 Å². The maximum atomic E-state index is 5.58. The first kappa shape index (κ1) is 13.0. The molecule has 0 aliphatic rings. The van der Waals surface area contributed by atoms with Crippen molar-refractivity contribution in [3.05, 3.63) is 29.8 Å². The second-order valence-corrected chi connectivity index (χ2v) is 3.96. The molecule has 90 valence electrons. The highest BCUT2D eigenvalue weighted by Crippen LogP contribution is 2.15. The zero-order chi connectivity index (χ0) is 12.0.